The van der Waals surface area contributed by atoms with E-state index in [4.69, 9.17) is 27.9 Å². The normalized spacial score (nSPS) is 11.2. The van der Waals surface area contributed by atoms with Crippen LogP contribution in [0.1, 0.15) is 12.5 Å². The predicted molar refractivity (Wildman–Crippen MR) is 125 cm³/mol. The van der Waals surface area contributed by atoms with Crippen molar-refractivity contribution in [2.45, 2.75) is 12.7 Å². The van der Waals surface area contributed by atoms with Crippen molar-refractivity contribution in [2.75, 3.05) is 36.0 Å². The third-order valence-corrected chi connectivity index (χ3v) is 6.82. The van der Waals surface area contributed by atoms with Crippen molar-refractivity contribution in [3.05, 3.63) is 58.1 Å². The highest BCUT2D eigenvalue weighted by Crippen LogP contribution is 2.30. The van der Waals surface area contributed by atoms with E-state index >= 15 is 0 Å². The molecule has 10 heteroatoms. The van der Waals surface area contributed by atoms with E-state index in [1.54, 1.807) is 54.2 Å². The molecule has 2 rings (SSSR count). The first-order chi connectivity index (χ1) is 14.2. The molecule has 0 unspecified atom stereocenters. The summed E-state index contributed by atoms with van der Waals surface area (Å²) in [7, 11) is -3.68. The van der Waals surface area contributed by atoms with Crippen LogP contribution in [0.5, 0.6) is 5.75 Å². The van der Waals surface area contributed by atoms with Gasteiger partial charge in [-0.3, -0.25) is 9.10 Å². The second-order valence-electron chi connectivity index (χ2n) is 6.27. The van der Waals surface area contributed by atoms with Crippen LogP contribution in [-0.4, -0.2) is 46.0 Å². The second-order valence-corrected chi connectivity index (χ2v) is 10.1. The van der Waals surface area contributed by atoms with Crippen molar-refractivity contribution in [3.8, 4) is 5.75 Å². The first-order valence-corrected chi connectivity index (χ1v) is 13.0. The van der Waals surface area contributed by atoms with Gasteiger partial charge in [-0.15, -0.1) is 0 Å². The predicted octanol–water partition coefficient (Wildman–Crippen LogP) is 4.21. The Hall–Kier alpha value is -1.61. The van der Waals surface area contributed by atoms with Crippen LogP contribution in [0.15, 0.2) is 42.5 Å². The summed E-state index contributed by atoms with van der Waals surface area (Å²) in [4.78, 5) is 12.4. The number of sulfonamides is 1. The molecule has 0 radical (unpaired) electrons. The third kappa shape index (κ3) is 7.27. The Morgan fingerprint density at radius 1 is 1.13 bits per heavy atom. The van der Waals surface area contributed by atoms with E-state index in [0.717, 1.165) is 16.1 Å². The van der Waals surface area contributed by atoms with Gasteiger partial charge < -0.3 is 10.1 Å². The molecule has 0 aliphatic carbocycles. The topological polar surface area (TPSA) is 75.7 Å². The minimum Gasteiger partial charge on any atom is -0.492 e. The molecule has 0 fully saturated rings. The van der Waals surface area contributed by atoms with Crippen LogP contribution < -0.4 is 14.4 Å². The van der Waals surface area contributed by atoms with Crippen molar-refractivity contribution in [3.63, 3.8) is 0 Å². The summed E-state index contributed by atoms with van der Waals surface area (Å²) in [5.74, 6) is 1.25. The van der Waals surface area contributed by atoms with Gasteiger partial charge in [0.1, 0.15) is 12.3 Å². The molecule has 1 amide bonds. The minimum atomic E-state index is -3.68. The quantitative estimate of drug-likeness (QED) is 0.477. The Morgan fingerprint density at radius 2 is 1.80 bits per heavy atom. The zero-order valence-corrected chi connectivity index (χ0v) is 19.9. The lowest BCUT2D eigenvalue weighted by atomic mass is 10.2. The van der Waals surface area contributed by atoms with Gasteiger partial charge in [0.05, 0.1) is 18.6 Å². The van der Waals surface area contributed by atoms with Crippen LogP contribution in [-0.2, 0) is 20.6 Å². The molecule has 0 saturated carbocycles. The Balaban J connectivity index is 1.91. The number of halogens is 2. The Bertz CT molecular complexity index is 951. The van der Waals surface area contributed by atoms with E-state index in [1.165, 1.54) is 0 Å². The SMILES string of the molecule is CCOc1ccccc1N(CC(=O)NCCSCc1c(Cl)cccc1Cl)S(C)(=O)=O. The average molecular weight is 491 g/mol. The number of carbonyl (C=O) groups is 1. The number of nitrogens with zero attached hydrogens (tertiary/aromatic N) is 1. The van der Waals surface area contributed by atoms with Gasteiger partial charge in [-0.2, -0.15) is 11.8 Å². The largest absolute Gasteiger partial charge is 0.492 e. The summed E-state index contributed by atoms with van der Waals surface area (Å²) >= 11 is 13.9. The number of nitrogens with one attached hydrogen (secondary N) is 1. The third-order valence-electron chi connectivity index (χ3n) is 4.00. The van der Waals surface area contributed by atoms with Gasteiger partial charge in [0, 0.05) is 28.1 Å². The fourth-order valence-electron chi connectivity index (χ4n) is 2.62. The maximum atomic E-state index is 12.4. The number of carbonyl (C=O) groups excluding carboxylic acids is 1. The van der Waals surface area contributed by atoms with Crippen LogP contribution in [0.3, 0.4) is 0 Å². The molecule has 1 N–H and O–H groups in total. The number of para-hydroxylation sites is 2. The molecular weight excluding hydrogens is 467 g/mol. The number of hydrogen-bond donors (Lipinski definition) is 1. The van der Waals surface area contributed by atoms with E-state index in [2.05, 4.69) is 5.32 Å². The molecule has 0 aliphatic heterocycles. The van der Waals surface area contributed by atoms with Gasteiger partial charge in [-0.05, 0) is 36.8 Å². The Labute approximate surface area is 191 Å². The molecule has 0 atom stereocenters. The number of anilines is 1. The van der Waals surface area contributed by atoms with Gasteiger partial charge in [0.25, 0.3) is 0 Å². The van der Waals surface area contributed by atoms with Crippen LogP contribution in [0.2, 0.25) is 10.0 Å². The first kappa shape index (κ1) is 24.7. The lowest BCUT2D eigenvalue weighted by molar-refractivity contribution is -0.119. The molecule has 0 saturated heterocycles. The number of hydrogen-bond acceptors (Lipinski definition) is 5. The second kappa shape index (κ2) is 11.7. The zero-order chi connectivity index (χ0) is 22.1. The smallest absolute Gasteiger partial charge is 0.240 e. The monoisotopic (exact) mass is 490 g/mol. The maximum Gasteiger partial charge on any atom is 0.240 e. The molecule has 0 spiro atoms. The van der Waals surface area contributed by atoms with Crippen molar-refractivity contribution < 1.29 is 17.9 Å². The molecule has 0 aliphatic rings. The molecule has 164 valence electrons. The zero-order valence-electron chi connectivity index (χ0n) is 16.7. The van der Waals surface area contributed by atoms with Crippen LogP contribution >= 0.6 is 35.0 Å². The van der Waals surface area contributed by atoms with Gasteiger partial charge in [0.2, 0.25) is 15.9 Å². The number of thioether (sulfide) groups is 1. The highest BCUT2D eigenvalue weighted by Gasteiger charge is 2.23. The van der Waals surface area contributed by atoms with E-state index in [1.807, 2.05) is 6.92 Å². The fraction of sp³-hybridized carbons (Fsp3) is 0.350. The van der Waals surface area contributed by atoms with Gasteiger partial charge in [0.15, 0.2) is 0 Å². The number of benzene rings is 2. The maximum absolute atomic E-state index is 12.4. The standard InChI is InChI=1S/C20H24Cl2N2O4S2/c1-3-28-19-10-5-4-9-18(19)24(30(2,26)27)13-20(25)23-11-12-29-14-15-16(21)7-6-8-17(15)22/h4-10H,3,11-14H2,1-2H3,(H,23,25). The van der Waals surface area contributed by atoms with E-state index in [-0.39, 0.29) is 6.54 Å². The van der Waals surface area contributed by atoms with E-state index in [0.29, 0.717) is 46.1 Å². The van der Waals surface area contributed by atoms with E-state index in [9.17, 15) is 13.2 Å². The van der Waals surface area contributed by atoms with Crippen molar-refractivity contribution in [1.82, 2.24) is 5.32 Å². The number of rotatable bonds is 11. The molecule has 0 bridgehead atoms. The molecule has 2 aromatic carbocycles. The summed E-state index contributed by atoms with van der Waals surface area (Å²) in [6.45, 7) is 2.25. The van der Waals surface area contributed by atoms with E-state index < -0.39 is 15.9 Å². The van der Waals surface area contributed by atoms with Crippen LogP contribution in [0.4, 0.5) is 5.69 Å². The number of amides is 1. The number of ether oxygens (including phenoxy) is 1. The summed E-state index contributed by atoms with van der Waals surface area (Å²) in [6, 6.07) is 12.1. The highest BCUT2D eigenvalue weighted by atomic mass is 35.5. The lowest BCUT2D eigenvalue weighted by Crippen LogP contribution is -2.41. The average Bonchev–Trinajstić information content (AvgIpc) is 2.68. The highest BCUT2D eigenvalue weighted by molar-refractivity contribution is 7.98. The Kier molecular flexibility index (Phi) is 9.61. The summed E-state index contributed by atoms with van der Waals surface area (Å²) in [5.41, 5.74) is 1.19. The van der Waals surface area contributed by atoms with Gasteiger partial charge in [-0.1, -0.05) is 41.4 Å². The Morgan fingerprint density at radius 3 is 2.43 bits per heavy atom. The summed E-state index contributed by atoms with van der Waals surface area (Å²) in [5, 5.41) is 3.96. The molecule has 0 aromatic heterocycles. The van der Waals surface area contributed by atoms with Crippen molar-refractivity contribution in [1.29, 1.82) is 0 Å². The van der Waals surface area contributed by atoms with Gasteiger partial charge >= 0.3 is 0 Å². The molecule has 30 heavy (non-hydrogen) atoms. The van der Waals surface area contributed by atoms with Gasteiger partial charge in [-0.25, -0.2) is 8.42 Å². The lowest BCUT2D eigenvalue weighted by Gasteiger charge is -2.24. The summed E-state index contributed by atoms with van der Waals surface area (Å²) in [6.07, 6.45) is 1.06. The van der Waals surface area contributed by atoms with Crippen molar-refractivity contribution >= 4 is 56.6 Å². The molecular formula is C20H24Cl2N2O4S2. The molecule has 0 heterocycles. The fourth-order valence-corrected chi connectivity index (χ4v) is 5.07. The molecule has 2 aromatic rings. The van der Waals surface area contributed by atoms with Crippen LogP contribution in [0.25, 0.3) is 0 Å². The first-order valence-electron chi connectivity index (χ1n) is 9.21. The molecule has 6 nitrogen and oxygen atoms in total. The summed E-state index contributed by atoms with van der Waals surface area (Å²) < 4.78 is 31.1. The van der Waals surface area contributed by atoms with Crippen LogP contribution in [0, 0.1) is 0 Å². The van der Waals surface area contributed by atoms with Crippen molar-refractivity contribution in [2.24, 2.45) is 0 Å². The minimum absolute atomic E-state index is 0.329.